The Labute approximate surface area is 323 Å². The highest BCUT2D eigenvalue weighted by atomic mass is 19.3. The third-order valence-corrected chi connectivity index (χ3v) is 12.2. The van der Waals surface area contributed by atoms with Gasteiger partial charge in [0.1, 0.15) is 17.5 Å². The highest BCUT2D eigenvalue weighted by molar-refractivity contribution is 6.28. The Morgan fingerprint density at radius 2 is 1.55 bits per heavy atom. The van der Waals surface area contributed by atoms with E-state index in [9.17, 15) is 19.2 Å². The number of imide groups is 1. The minimum Gasteiger partial charge on any atom is -0.496 e. The number of aryl methyl sites for hydroxylation is 1. The summed E-state index contributed by atoms with van der Waals surface area (Å²) in [7, 11) is 4.83. The number of likely N-dealkylation sites (tertiary alicyclic amines) is 1. The lowest BCUT2D eigenvalue weighted by molar-refractivity contribution is -0.134. The van der Waals surface area contributed by atoms with E-state index in [2.05, 4.69) is 10.2 Å². The van der Waals surface area contributed by atoms with E-state index in [4.69, 9.17) is 9.47 Å². The molecule has 3 saturated heterocycles. The number of piperidine rings is 2. The van der Waals surface area contributed by atoms with E-state index in [1.807, 2.05) is 48.2 Å². The maximum atomic E-state index is 16.1. The van der Waals surface area contributed by atoms with Crippen molar-refractivity contribution in [2.45, 2.75) is 57.7 Å². The number of anilines is 2. The molecule has 3 amide bonds. The molecule has 0 aliphatic carbocycles. The first kappa shape index (κ1) is 37.6. The average Bonchev–Trinajstić information content (AvgIpc) is 3.47. The van der Waals surface area contributed by atoms with Crippen LogP contribution in [0.3, 0.4) is 0 Å². The Bertz CT molecular complexity index is 2310. The average molecular weight is 769 g/mol. The van der Waals surface area contributed by atoms with Crippen LogP contribution >= 0.6 is 0 Å². The summed E-state index contributed by atoms with van der Waals surface area (Å²) in [6, 6.07) is 11.4. The summed E-state index contributed by atoms with van der Waals surface area (Å²) in [5, 5.41) is 4.00. The van der Waals surface area contributed by atoms with Crippen LogP contribution in [0.25, 0.3) is 21.9 Å². The van der Waals surface area contributed by atoms with Crippen molar-refractivity contribution in [3.63, 3.8) is 0 Å². The van der Waals surface area contributed by atoms with Gasteiger partial charge in [0.05, 0.1) is 38.1 Å². The van der Waals surface area contributed by atoms with Gasteiger partial charge in [0.2, 0.25) is 11.8 Å². The van der Waals surface area contributed by atoms with Crippen LogP contribution in [0.1, 0.15) is 46.3 Å². The number of ether oxygens (including phenoxy) is 2. The van der Waals surface area contributed by atoms with Crippen LogP contribution in [-0.2, 0) is 23.2 Å². The smallest absolute Gasteiger partial charge is 0.275 e. The van der Waals surface area contributed by atoms with Gasteiger partial charge in [-0.1, -0.05) is 12.1 Å². The van der Waals surface area contributed by atoms with E-state index in [1.54, 1.807) is 49.9 Å². The molecule has 12 nitrogen and oxygen atoms in total. The van der Waals surface area contributed by atoms with Gasteiger partial charge in [0.25, 0.3) is 17.4 Å². The number of benzene rings is 3. The van der Waals surface area contributed by atoms with Crippen molar-refractivity contribution in [2.24, 2.45) is 7.05 Å². The number of carbonyl (C=O) groups is 3. The van der Waals surface area contributed by atoms with E-state index in [-0.39, 0.29) is 36.8 Å². The number of amides is 3. The Hall–Kier alpha value is -5.34. The van der Waals surface area contributed by atoms with E-state index in [0.717, 1.165) is 33.2 Å². The molecule has 3 fully saturated rings. The van der Waals surface area contributed by atoms with Gasteiger partial charge < -0.3 is 18.9 Å². The fourth-order valence-electron chi connectivity index (χ4n) is 9.15. The van der Waals surface area contributed by atoms with Gasteiger partial charge >= 0.3 is 0 Å². The van der Waals surface area contributed by atoms with Gasteiger partial charge in [-0.15, -0.1) is 0 Å². The summed E-state index contributed by atoms with van der Waals surface area (Å²) in [5.41, 5.74) is 5.87. The van der Waals surface area contributed by atoms with Crippen LogP contribution in [0.5, 0.6) is 11.5 Å². The molecule has 8 rings (SSSR count). The van der Waals surface area contributed by atoms with Crippen molar-refractivity contribution in [3.05, 3.63) is 81.3 Å². The Morgan fingerprint density at radius 1 is 0.857 bits per heavy atom. The second-order valence-electron chi connectivity index (χ2n) is 15.3. The summed E-state index contributed by atoms with van der Waals surface area (Å²) in [6.45, 7) is 5.98. The third kappa shape index (κ3) is 6.28. The second-order valence-corrected chi connectivity index (χ2v) is 15.3. The minimum absolute atomic E-state index is 0.0643. The standard InChI is InChI=1S/C42H46F2N6O6/c1-24-25(2)40(53)46(3)21-29(24)26-19-34(55-4)30(35(20-26)56-5)22-47-14-13-36(42(43,44)23-47)49-17-15-48(16-18-49)31-9-10-32-38-27(31)7-6-8-28(38)41(54)50(32)33-11-12-37(51)45-39(33)52/h6-10,19-21,33,36H,11-18,22-23H2,1-5H3,(H,45,51,52). The predicted molar refractivity (Wildman–Crippen MR) is 209 cm³/mol. The summed E-state index contributed by atoms with van der Waals surface area (Å²) in [5.74, 6) is -2.99. The molecule has 14 heteroatoms. The number of halogens is 2. The van der Waals surface area contributed by atoms with E-state index >= 15 is 8.78 Å². The first-order valence-corrected chi connectivity index (χ1v) is 19.1. The number of nitrogens with one attached hydrogen (secondary N) is 1. The molecular formula is C42H46F2N6O6. The van der Waals surface area contributed by atoms with Crippen molar-refractivity contribution >= 4 is 39.9 Å². The number of nitrogens with zero attached hydrogens (tertiary/aromatic N) is 5. The zero-order valence-electron chi connectivity index (χ0n) is 32.3. The molecule has 1 aromatic heterocycles. The molecule has 4 aliphatic heterocycles. The van der Waals surface area contributed by atoms with Crippen molar-refractivity contribution in [3.8, 4) is 22.6 Å². The van der Waals surface area contributed by atoms with Crippen molar-refractivity contribution < 1.29 is 32.6 Å². The molecule has 4 aromatic rings. The van der Waals surface area contributed by atoms with Crippen molar-refractivity contribution in [1.29, 1.82) is 0 Å². The summed E-state index contributed by atoms with van der Waals surface area (Å²) < 4.78 is 45.4. The molecule has 4 aliphatic rings. The third-order valence-electron chi connectivity index (χ3n) is 12.2. The topological polar surface area (TPSA) is 117 Å². The highest BCUT2D eigenvalue weighted by Gasteiger charge is 2.48. The fraction of sp³-hybridized carbons (Fsp3) is 0.429. The summed E-state index contributed by atoms with van der Waals surface area (Å²) in [6.07, 6.45) is 2.51. The number of pyridine rings is 1. The Balaban J connectivity index is 0.957. The van der Waals surface area contributed by atoms with Crippen LogP contribution < -0.4 is 30.1 Å². The van der Waals surface area contributed by atoms with Crippen LogP contribution in [-0.4, -0.2) is 104 Å². The number of alkyl halides is 2. The molecule has 0 bridgehead atoms. The number of carbonyl (C=O) groups excluding carboxylic acids is 3. The van der Waals surface area contributed by atoms with Crippen LogP contribution in [0.2, 0.25) is 0 Å². The van der Waals surface area contributed by atoms with E-state index < -0.39 is 30.5 Å². The Morgan fingerprint density at radius 3 is 2.21 bits per heavy atom. The molecule has 0 saturated carbocycles. The molecule has 0 radical (unpaired) electrons. The van der Waals surface area contributed by atoms with Gasteiger partial charge in [-0.2, -0.15) is 0 Å². The minimum atomic E-state index is -2.97. The van der Waals surface area contributed by atoms with E-state index in [1.165, 1.54) is 4.90 Å². The molecule has 5 heterocycles. The maximum absolute atomic E-state index is 16.1. The number of hydrogen-bond acceptors (Lipinski definition) is 9. The normalized spacial score (nSPS) is 21.5. The van der Waals surface area contributed by atoms with Gasteiger partial charge in [0, 0.05) is 92.1 Å². The lowest BCUT2D eigenvalue weighted by Crippen LogP contribution is -2.61. The van der Waals surface area contributed by atoms with Crippen molar-refractivity contribution in [1.82, 2.24) is 19.7 Å². The quantitative estimate of drug-likeness (QED) is 0.256. The zero-order valence-corrected chi connectivity index (χ0v) is 32.3. The van der Waals surface area contributed by atoms with Gasteiger partial charge in [0.15, 0.2) is 0 Å². The number of aromatic nitrogens is 1. The van der Waals surface area contributed by atoms with Crippen LogP contribution in [0.15, 0.2) is 53.5 Å². The molecule has 56 heavy (non-hydrogen) atoms. The number of piperazine rings is 1. The molecule has 294 valence electrons. The van der Waals surface area contributed by atoms with Crippen LogP contribution in [0, 0.1) is 13.8 Å². The SMILES string of the molecule is COc1cc(-c2cn(C)c(=O)c(C)c2C)cc(OC)c1CN1CCC(N2CCN(c3ccc4c5c(cccc35)C(=O)N4C3CCC(=O)NC3=O)CC2)C(F)(F)C1. The lowest BCUT2D eigenvalue weighted by atomic mass is 9.95. The zero-order chi connectivity index (χ0) is 39.6. The molecular weight excluding hydrogens is 722 g/mol. The number of rotatable bonds is 8. The Kier molecular flexibility index (Phi) is 9.60. The first-order valence-electron chi connectivity index (χ1n) is 19.1. The highest BCUT2D eigenvalue weighted by Crippen LogP contribution is 2.44. The molecule has 1 N–H and O–H groups in total. The maximum Gasteiger partial charge on any atom is 0.275 e. The molecule has 2 atom stereocenters. The monoisotopic (exact) mass is 768 g/mol. The largest absolute Gasteiger partial charge is 0.496 e. The fourth-order valence-corrected chi connectivity index (χ4v) is 9.15. The molecule has 3 aromatic carbocycles. The van der Waals surface area contributed by atoms with Crippen LogP contribution in [0.4, 0.5) is 20.2 Å². The summed E-state index contributed by atoms with van der Waals surface area (Å²) >= 11 is 0. The summed E-state index contributed by atoms with van der Waals surface area (Å²) in [4.78, 5) is 58.0. The molecule has 0 spiro atoms. The van der Waals surface area contributed by atoms with Crippen molar-refractivity contribution in [2.75, 3.05) is 63.3 Å². The van der Waals surface area contributed by atoms with Gasteiger partial charge in [-0.3, -0.25) is 39.2 Å². The number of hydrogen-bond donors (Lipinski definition) is 1. The predicted octanol–water partition coefficient (Wildman–Crippen LogP) is 4.64. The first-order chi connectivity index (χ1) is 26.8. The number of methoxy groups -OCH3 is 2. The van der Waals surface area contributed by atoms with Gasteiger partial charge in [-0.05, 0) is 68.1 Å². The molecule has 2 unspecified atom stereocenters. The second kappa shape index (κ2) is 14.3. The van der Waals surface area contributed by atoms with E-state index in [0.29, 0.717) is 73.0 Å². The van der Waals surface area contributed by atoms with Gasteiger partial charge in [-0.25, -0.2) is 8.78 Å². The lowest BCUT2D eigenvalue weighted by Gasteiger charge is -2.47.